The molecular formula is C12H9BrF3NO2. The van der Waals surface area contributed by atoms with E-state index in [9.17, 15) is 13.2 Å². The Hall–Kier alpha value is -1.47. The van der Waals surface area contributed by atoms with Gasteiger partial charge in [-0.15, -0.1) is 13.2 Å². The Bertz CT molecular complexity index is 551. The molecule has 0 aliphatic heterocycles. The highest BCUT2D eigenvalue weighted by Crippen LogP contribution is 2.29. The predicted molar refractivity (Wildman–Crippen MR) is 65.6 cm³/mol. The molecule has 1 aromatic heterocycles. The summed E-state index contributed by atoms with van der Waals surface area (Å²) in [6, 6.07) is 6.46. The van der Waals surface area contributed by atoms with E-state index in [1.165, 1.54) is 30.5 Å². The molecule has 3 nitrogen and oxygen atoms in total. The van der Waals surface area contributed by atoms with E-state index in [-0.39, 0.29) is 5.75 Å². The van der Waals surface area contributed by atoms with E-state index in [0.29, 0.717) is 15.8 Å². The lowest BCUT2D eigenvalue weighted by Crippen LogP contribution is -2.17. The first-order valence-electron chi connectivity index (χ1n) is 5.21. The fraction of sp³-hybridized carbons (Fsp3) is 0.167. The average molecular weight is 336 g/mol. The van der Waals surface area contributed by atoms with Crippen molar-refractivity contribution in [1.29, 1.82) is 0 Å². The molecule has 1 unspecified atom stereocenters. The van der Waals surface area contributed by atoms with Gasteiger partial charge < -0.3 is 14.9 Å². The van der Waals surface area contributed by atoms with Crippen LogP contribution in [0, 0.1) is 0 Å². The largest absolute Gasteiger partial charge is 0.573 e. The van der Waals surface area contributed by atoms with Crippen LogP contribution in [0.2, 0.25) is 0 Å². The van der Waals surface area contributed by atoms with Crippen molar-refractivity contribution in [3.05, 3.63) is 52.4 Å². The maximum absolute atomic E-state index is 12.0. The molecule has 0 radical (unpaired) electrons. The van der Waals surface area contributed by atoms with Crippen LogP contribution in [0.5, 0.6) is 5.75 Å². The Morgan fingerprint density at radius 3 is 2.26 bits per heavy atom. The van der Waals surface area contributed by atoms with E-state index < -0.39 is 12.4 Å². The lowest BCUT2D eigenvalue weighted by molar-refractivity contribution is -0.274. The zero-order valence-corrected chi connectivity index (χ0v) is 11.0. The molecule has 0 bridgehead atoms. The molecule has 1 heterocycles. The van der Waals surface area contributed by atoms with Gasteiger partial charge in [-0.25, -0.2) is 0 Å². The minimum absolute atomic E-state index is 0.290. The third-order valence-corrected chi connectivity index (χ3v) is 3.06. The summed E-state index contributed by atoms with van der Waals surface area (Å²) in [5, 5.41) is 0. The van der Waals surface area contributed by atoms with Crippen LogP contribution in [-0.2, 0) is 0 Å². The summed E-state index contributed by atoms with van der Waals surface area (Å²) in [5.74, 6) is 0.214. The number of ether oxygens (including phenoxy) is 1. The van der Waals surface area contributed by atoms with Crippen LogP contribution in [0.3, 0.4) is 0 Å². The second-order valence-corrected chi connectivity index (χ2v) is 4.58. The van der Waals surface area contributed by atoms with E-state index in [1.807, 2.05) is 0 Å². The SMILES string of the molecule is NC(c1ccc(OC(F)(F)F)cc1)c1occc1Br. The van der Waals surface area contributed by atoms with Crippen molar-refractivity contribution < 1.29 is 22.3 Å². The van der Waals surface area contributed by atoms with Crippen molar-refractivity contribution >= 4 is 15.9 Å². The minimum Gasteiger partial charge on any atom is -0.466 e. The quantitative estimate of drug-likeness (QED) is 0.922. The highest BCUT2D eigenvalue weighted by atomic mass is 79.9. The monoisotopic (exact) mass is 335 g/mol. The summed E-state index contributed by atoms with van der Waals surface area (Å²) < 4.78 is 45.7. The smallest absolute Gasteiger partial charge is 0.466 e. The van der Waals surface area contributed by atoms with Crippen molar-refractivity contribution in [2.75, 3.05) is 0 Å². The number of rotatable bonds is 3. The fourth-order valence-electron chi connectivity index (χ4n) is 1.56. The fourth-order valence-corrected chi connectivity index (χ4v) is 2.00. The van der Waals surface area contributed by atoms with Crippen LogP contribution in [0.1, 0.15) is 17.4 Å². The molecule has 2 N–H and O–H groups in total. The van der Waals surface area contributed by atoms with Gasteiger partial charge in [-0.1, -0.05) is 12.1 Å². The van der Waals surface area contributed by atoms with Crippen molar-refractivity contribution in [2.24, 2.45) is 5.73 Å². The molecule has 0 spiro atoms. The van der Waals surface area contributed by atoms with Gasteiger partial charge in [-0.3, -0.25) is 0 Å². The lowest BCUT2D eigenvalue weighted by Gasteiger charge is -2.12. The zero-order valence-electron chi connectivity index (χ0n) is 9.45. The molecular weight excluding hydrogens is 327 g/mol. The molecule has 7 heteroatoms. The number of alkyl halides is 3. The van der Waals surface area contributed by atoms with Crippen LogP contribution in [0.4, 0.5) is 13.2 Å². The lowest BCUT2D eigenvalue weighted by atomic mass is 10.1. The molecule has 0 fully saturated rings. The first-order chi connectivity index (χ1) is 8.87. The van der Waals surface area contributed by atoms with E-state index in [1.54, 1.807) is 6.07 Å². The topological polar surface area (TPSA) is 48.4 Å². The molecule has 2 aromatic rings. The van der Waals surface area contributed by atoms with Gasteiger partial charge in [0.15, 0.2) is 0 Å². The number of hydrogen-bond donors (Lipinski definition) is 1. The van der Waals surface area contributed by atoms with Crippen LogP contribution < -0.4 is 10.5 Å². The zero-order chi connectivity index (χ0) is 14.0. The Labute approximate surface area is 115 Å². The maximum atomic E-state index is 12.0. The van der Waals surface area contributed by atoms with Crippen molar-refractivity contribution in [3.63, 3.8) is 0 Å². The molecule has 2 rings (SSSR count). The van der Waals surface area contributed by atoms with Gasteiger partial charge in [0.1, 0.15) is 11.5 Å². The van der Waals surface area contributed by atoms with Crippen LogP contribution in [0.15, 0.2) is 45.5 Å². The molecule has 1 atom stereocenters. The molecule has 1 aromatic carbocycles. The minimum atomic E-state index is -4.70. The first kappa shape index (κ1) is 14.0. The van der Waals surface area contributed by atoms with E-state index in [4.69, 9.17) is 10.2 Å². The van der Waals surface area contributed by atoms with Crippen LogP contribution in [-0.4, -0.2) is 6.36 Å². The molecule has 0 saturated heterocycles. The average Bonchev–Trinajstić information content (AvgIpc) is 2.73. The van der Waals surface area contributed by atoms with Gasteiger partial charge in [0, 0.05) is 0 Å². The molecule has 0 aliphatic carbocycles. The summed E-state index contributed by atoms with van der Waals surface area (Å²) in [4.78, 5) is 0. The van der Waals surface area contributed by atoms with E-state index >= 15 is 0 Å². The van der Waals surface area contributed by atoms with Gasteiger partial charge in [0.05, 0.1) is 16.8 Å². The Morgan fingerprint density at radius 2 is 1.79 bits per heavy atom. The third kappa shape index (κ3) is 3.51. The van der Waals surface area contributed by atoms with Gasteiger partial charge in [0.25, 0.3) is 0 Å². The summed E-state index contributed by atoms with van der Waals surface area (Å²) >= 11 is 3.27. The Kier molecular flexibility index (Phi) is 3.86. The molecule has 19 heavy (non-hydrogen) atoms. The number of nitrogens with two attached hydrogens (primary N) is 1. The standard InChI is InChI=1S/C12H9BrF3NO2/c13-9-5-6-18-11(9)10(17)7-1-3-8(4-2-7)19-12(14,15)16/h1-6,10H,17H2. The van der Waals surface area contributed by atoms with Crippen molar-refractivity contribution in [1.82, 2.24) is 0 Å². The van der Waals surface area contributed by atoms with Crippen molar-refractivity contribution in [3.8, 4) is 5.75 Å². The number of benzene rings is 1. The Morgan fingerprint density at radius 1 is 1.16 bits per heavy atom. The van der Waals surface area contributed by atoms with E-state index in [0.717, 1.165) is 0 Å². The van der Waals surface area contributed by atoms with Crippen molar-refractivity contribution in [2.45, 2.75) is 12.4 Å². The van der Waals surface area contributed by atoms with Gasteiger partial charge in [0.2, 0.25) is 0 Å². The second-order valence-electron chi connectivity index (χ2n) is 3.73. The molecule has 102 valence electrons. The molecule has 0 saturated carbocycles. The third-order valence-electron chi connectivity index (χ3n) is 2.40. The number of halogens is 4. The summed E-state index contributed by atoms with van der Waals surface area (Å²) in [6.07, 6.45) is -3.23. The molecule has 0 amide bonds. The van der Waals surface area contributed by atoms with Gasteiger partial charge in [-0.2, -0.15) is 0 Å². The van der Waals surface area contributed by atoms with Crippen LogP contribution in [0.25, 0.3) is 0 Å². The predicted octanol–water partition coefficient (Wildman–Crippen LogP) is 3.99. The number of furan rings is 1. The first-order valence-corrected chi connectivity index (χ1v) is 6.00. The normalized spacial score (nSPS) is 13.3. The van der Waals surface area contributed by atoms with E-state index in [2.05, 4.69) is 20.7 Å². The number of hydrogen-bond acceptors (Lipinski definition) is 3. The van der Waals surface area contributed by atoms with Gasteiger partial charge in [-0.05, 0) is 39.7 Å². The Balaban J connectivity index is 2.17. The van der Waals surface area contributed by atoms with Crippen LogP contribution >= 0.6 is 15.9 Å². The van der Waals surface area contributed by atoms with Gasteiger partial charge >= 0.3 is 6.36 Å². The maximum Gasteiger partial charge on any atom is 0.573 e. The highest BCUT2D eigenvalue weighted by molar-refractivity contribution is 9.10. The summed E-state index contributed by atoms with van der Waals surface area (Å²) in [6.45, 7) is 0. The summed E-state index contributed by atoms with van der Waals surface area (Å²) in [5.41, 5.74) is 6.57. The molecule has 0 aliphatic rings. The highest BCUT2D eigenvalue weighted by Gasteiger charge is 2.31. The summed E-state index contributed by atoms with van der Waals surface area (Å²) in [7, 11) is 0. The second kappa shape index (κ2) is 5.26.